The first-order chi connectivity index (χ1) is 4.20. The third kappa shape index (κ3) is 2.01. The van der Waals surface area contributed by atoms with E-state index in [4.69, 9.17) is 5.11 Å². The molecule has 0 saturated carbocycles. The van der Waals surface area contributed by atoms with E-state index in [1.807, 2.05) is 6.92 Å². The molecule has 1 atom stereocenters. The van der Waals surface area contributed by atoms with Crippen molar-refractivity contribution in [3.05, 3.63) is 0 Å². The van der Waals surface area contributed by atoms with Crippen LogP contribution in [0.3, 0.4) is 0 Å². The van der Waals surface area contributed by atoms with Gasteiger partial charge in [-0.15, -0.1) is 0 Å². The monoisotopic (exact) mass is 129 g/mol. The van der Waals surface area contributed by atoms with Gasteiger partial charge < -0.3 is 5.11 Å². The molecule has 1 saturated heterocycles. The van der Waals surface area contributed by atoms with Crippen molar-refractivity contribution < 1.29 is 9.90 Å². The van der Waals surface area contributed by atoms with Crippen molar-refractivity contribution in [3.8, 4) is 0 Å². The van der Waals surface area contributed by atoms with Gasteiger partial charge in [-0.25, -0.2) is 0 Å². The quantitative estimate of drug-likeness (QED) is 0.552. The van der Waals surface area contributed by atoms with Gasteiger partial charge in [0.1, 0.15) is 0 Å². The highest BCUT2D eigenvalue weighted by Crippen LogP contribution is 2.12. The highest BCUT2D eigenvalue weighted by atomic mass is 16.4. The number of rotatable bonds is 3. The largest absolute Gasteiger partial charge is 0.481 e. The van der Waals surface area contributed by atoms with Crippen LogP contribution < -0.4 is 0 Å². The topological polar surface area (TPSA) is 40.3 Å². The maximum Gasteiger partial charge on any atom is 0.304 e. The lowest BCUT2D eigenvalue weighted by atomic mass is 10.2. The Balaban J connectivity index is 2.17. The minimum absolute atomic E-state index is 0.238. The molecule has 3 nitrogen and oxygen atoms in total. The van der Waals surface area contributed by atoms with Crippen LogP contribution in [0.25, 0.3) is 0 Å². The summed E-state index contributed by atoms with van der Waals surface area (Å²) in [5, 5.41) is 8.33. The lowest BCUT2D eigenvalue weighted by molar-refractivity contribution is -0.137. The third-order valence-corrected chi connectivity index (χ3v) is 1.58. The fourth-order valence-electron chi connectivity index (χ4n) is 0.880. The van der Waals surface area contributed by atoms with E-state index < -0.39 is 5.97 Å². The standard InChI is InChI=1S/C6H11NO2/c1-5(4-6(8)9)7-2-3-7/h5H,2-4H2,1H3,(H,8,9). The molecule has 9 heavy (non-hydrogen) atoms. The molecule has 1 aliphatic rings. The van der Waals surface area contributed by atoms with Crippen LogP contribution in [0.15, 0.2) is 0 Å². The molecule has 0 aromatic carbocycles. The first kappa shape index (κ1) is 6.55. The lowest BCUT2D eigenvalue weighted by Crippen LogP contribution is -2.18. The van der Waals surface area contributed by atoms with Gasteiger partial charge in [0.05, 0.1) is 6.42 Å². The summed E-state index contributed by atoms with van der Waals surface area (Å²) in [6.45, 7) is 4.10. The number of carbonyl (C=O) groups is 1. The minimum Gasteiger partial charge on any atom is -0.481 e. The molecule has 1 aliphatic heterocycles. The Morgan fingerprint density at radius 1 is 1.78 bits per heavy atom. The molecule has 0 aliphatic carbocycles. The van der Waals surface area contributed by atoms with E-state index >= 15 is 0 Å². The molecular weight excluding hydrogens is 118 g/mol. The molecule has 1 fully saturated rings. The van der Waals surface area contributed by atoms with E-state index in [9.17, 15) is 4.79 Å². The van der Waals surface area contributed by atoms with E-state index in [-0.39, 0.29) is 12.5 Å². The van der Waals surface area contributed by atoms with Crippen molar-refractivity contribution in [2.75, 3.05) is 13.1 Å². The van der Waals surface area contributed by atoms with E-state index in [0.717, 1.165) is 13.1 Å². The Morgan fingerprint density at radius 3 is 2.67 bits per heavy atom. The van der Waals surface area contributed by atoms with Gasteiger partial charge in [-0.05, 0) is 6.92 Å². The van der Waals surface area contributed by atoms with Gasteiger partial charge in [-0.1, -0.05) is 0 Å². The number of carboxylic acid groups (broad SMARTS) is 1. The maximum absolute atomic E-state index is 10.1. The second kappa shape index (κ2) is 2.35. The minimum atomic E-state index is -0.700. The zero-order valence-electron chi connectivity index (χ0n) is 5.50. The molecule has 0 amide bonds. The van der Waals surface area contributed by atoms with Crippen LogP contribution in [-0.2, 0) is 4.79 Å². The maximum atomic E-state index is 10.1. The molecule has 52 valence electrons. The van der Waals surface area contributed by atoms with Crippen molar-refractivity contribution in [1.82, 2.24) is 4.90 Å². The van der Waals surface area contributed by atoms with Crippen LogP contribution in [-0.4, -0.2) is 35.1 Å². The Labute approximate surface area is 54.3 Å². The van der Waals surface area contributed by atoms with Crippen molar-refractivity contribution in [1.29, 1.82) is 0 Å². The van der Waals surface area contributed by atoms with Crippen LogP contribution in [0.2, 0.25) is 0 Å². The molecule has 0 aromatic rings. The predicted molar refractivity (Wildman–Crippen MR) is 33.3 cm³/mol. The number of nitrogens with zero attached hydrogens (tertiary/aromatic N) is 1. The van der Waals surface area contributed by atoms with Crippen LogP contribution in [0.1, 0.15) is 13.3 Å². The summed E-state index contributed by atoms with van der Waals surface area (Å²) in [6.07, 6.45) is 0.278. The highest BCUT2D eigenvalue weighted by Gasteiger charge is 2.24. The van der Waals surface area contributed by atoms with Gasteiger partial charge in [0, 0.05) is 19.1 Å². The van der Waals surface area contributed by atoms with Gasteiger partial charge in [0.25, 0.3) is 0 Å². The normalized spacial score (nSPS) is 21.4. The Hall–Kier alpha value is -0.570. The molecule has 1 N–H and O–H groups in total. The van der Waals surface area contributed by atoms with E-state index in [1.165, 1.54) is 0 Å². The molecule has 3 heteroatoms. The number of hydrogen-bond acceptors (Lipinski definition) is 2. The van der Waals surface area contributed by atoms with Crippen molar-refractivity contribution in [2.45, 2.75) is 19.4 Å². The second-order valence-corrected chi connectivity index (χ2v) is 2.48. The summed E-state index contributed by atoms with van der Waals surface area (Å²) in [6, 6.07) is 0.238. The molecular formula is C6H11NO2. The summed E-state index contributed by atoms with van der Waals surface area (Å²) in [4.78, 5) is 12.2. The van der Waals surface area contributed by atoms with Crippen LogP contribution in [0.4, 0.5) is 0 Å². The second-order valence-electron chi connectivity index (χ2n) is 2.48. The van der Waals surface area contributed by atoms with E-state index in [1.54, 1.807) is 0 Å². The smallest absolute Gasteiger partial charge is 0.304 e. The van der Waals surface area contributed by atoms with Crippen LogP contribution >= 0.6 is 0 Å². The van der Waals surface area contributed by atoms with Crippen LogP contribution in [0.5, 0.6) is 0 Å². The summed E-state index contributed by atoms with van der Waals surface area (Å²) in [5.74, 6) is -0.700. The number of carboxylic acids is 1. The molecule has 0 spiro atoms. The average molecular weight is 129 g/mol. The Kier molecular flexibility index (Phi) is 1.71. The van der Waals surface area contributed by atoms with E-state index in [0.29, 0.717) is 0 Å². The van der Waals surface area contributed by atoms with Crippen molar-refractivity contribution >= 4 is 5.97 Å². The Bertz CT molecular complexity index is 120. The molecule has 0 bridgehead atoms. The van der Waals surface area contributed by atoms with Gasteiger partial charge in [-0.3, -0.25) is 9.69 Å². The number of aliphatic carboxylic acids is 1. The molecule has 0 aromatic heterocycles. The summed E-state index contributed by atoms with van der Waals surface area (Å²) in [5.41, 5.74) is 0. The van der Waals surface area contributed by atoms with Crippen molar-refractivity contribution in [3.63, 3.8) is 0 Å². The average Bonchev–Trinajstić information content (AvgIpc) is 2.40. The third-order valence-electron chi connectivity index (χ3n) is 1.58. The van der Waals surface area contributed by atoms with E-state index in [2.05, 4.69) is 4.90 Å². The van der Waals surface area contributed by atoms with Gasteiger partial charge in [0.2, 0.25) is 0 Å². The molecule has 1 heterocycles. The summed E-state index contributed by atoms with van der Waals surface area (Å²) < 4.78 is 0. The first-order valence-electron chi connectivity index (χ1n) is 3.16. The van der Waals surface area contributed by atoms with Crippen molar-refractivity contribution in [2.24, 2.45) is 0 Å². The van der Waals surface area contributed by atoms with Gasteiger partial charge in [-0.2, -0.15) is 0 Å². The molecule has 0 radical (unpaired) electrons. The lowest BCUT2D eigenvalue weighted by Gasteiger charge is -2.06. The zero-order chi connectivity index (χ0) is 6.85. The summed E-state index contributed by atoms with van der Waals surface area (Å²) >= 11 is 0. The first-order valence-corrected chi connectivity index (χ1v) is 3.16. The fourth-order valence-corrected chi connectivity index (χ4v) is 0.880. The zero-order valence-corrected chi connectivity index (χ0v) is 5.50. The molecule has 1 unspecified atom stereocenters. The SMILES string of the molecule is CC(CC(=O)O)N1CC1. The summed E-state index contributed by atoms with van der Waals surface area (Å²) in [7, 11) is 0. The van der Waals surface area contributed by atoms with Crippen LogP contribution in [0, 0.1) is 0 Å². The highest BCUT2D eigenvalue weighted by molar-refractivity contribution is 5.67. The number of hydrogen-bond donors (Lipinski definition) is 1. The van der Waals surface area contributed by atoms with Gasteiger partial charge in [0.15, 0.2) is 0 Å². The molecule has 1 rings (SSSR count). The Morgan fingerprint density at radius 2 is 2.33 bits per heavy atom. The fraction of sp³-hybridized carbons (Fsp3) is 0.833. The predicted octanol–water partition coefficient (Wildman–Crippen LogP) is 0.165. The van der Waals surface area contributed by atoms with Gasteiger partial charge >= 0.3 is 5.97 Å².